The van der Waals surface area contributed by atoms with Gasteiger partial charge in [-0.3, -0.25) is 0 Å². The number of nitrogens with zero attached hydrogens (tertiary/aromatic N) is 1. The zero-order valence-electron chi connectivity index (χ0n) is 12.7. The Labute approximate surface area is 126 Å². The van der Waals surface area contributed by atoms with Crippen molar-refractivity contribution in [2.45, 2.75) is 50.8 Å². The summed E-state index contributed by atoms with van der Waals surface area (Å²) in [5.74, 6) is 1.66. The lowest BCUT2D eigenvalue weighted by Gasteiger charge is -2.33. The average molecular weight is 312 g/mol. The van der Waals surface area contributed by atoms with Crippen LogP contribution in [0.2, 0.25) is 0 Å². The van der Waals surface area contributed by atoms with Crippen molar-refractivity contribution in [1.82, 2.24) is 9.62 Å². The second-order valence-corrected chi connectivity index (χ2v) is 8.35. The molecule has 2 fully saturated rings. The van der Waals surface area contributed by atoms with E-state index in [4.69, 9.17) is 4.42 Å². The van der Waals surface area contributed by atoms with Gasteiger partial charge in [-0.05, 0) is 43.2 Å². The van der Waals surface area contributed by atoms with Gasteiger partial charge < -0.3 is 9.73 Å². The molecule has 0 aromatic carbocycles. The quantitative estimate of drug-likeness (QED) is 0.905. The Hall–Kier alpha value is -0.850. The molecule has 1 aromatic rings. The van der Waals surface area contributed by atoms with Crippen LogP contribution in [0, 0.1) is 11.8 Å². The van der Waals surface area contributed by atoms with E-state index in [9.17, 15) is 8.42 Å². The lowest BCUT2D eigenvalue weighted by molar-refractivity contribution is 0.209. The van der Waals surface area contributed by atoms with Crippen LogP contribution >= 0.6 is 0 Å². The molecule has 1 saturated heterocycles. The maximum atomic E-state index is 12.6. The fourth-order valence-electron chi connectivity index (χ4n) is 2.69. The zero-order chi connectivity index (χ0) is 15.0. The summed E-state index contributed by atoms with van der Waals surface area (Å²) >= 11 is 0. The molecule has 2 heterocycles. The number of sulfonamides is 1. The second-order valence-electron chi connectivity index (χ2n) is 6.48. The molecule has 1 aliphatic heterocycles. The van der Waals surface area contributed by atoms with E-state index in [-0.39, 0.29) is 5.09 Å². The summed E-state index contributed by atoms with van der Waals surface area (Å²) in [6, 6.07) is 3.93. The first-order valence-electron chi connectivity index (χ1n) is 7.79. The highest BCUT2D eigenvalue weighted by Gasteiger charge is 2.33. The minimum Gasteiger partial charge on any atom is -0.447 e. The summed E-state index contributed by atoms with van der Waals surface area (Å²) in [6.07, 6.45) is 3.32. The molecule has 6 heteroatoms. The van der Waals surface area contributed by atoms with E-state index < -0.39 is 10.0 Å². The van der Waals surface area contributed by atoms with E-state index in [1.165, 1.54) is 12.8 Å². The molecular formula is C15H24N2O3S. The molecule has 1 aromatic heterocycles. The Morgan fingerprint density at radius 2 is 2.00 bits per heavy atom. The fraction of sp³-hybridized carbons (Fsp3) is 0.733. The third kappa shape index (κ3) is 3.33. The standard InChI is InChI=1S/C15H24N2O3S/c1-11-7-8-17(10-12(11)2)21(18,19)15-6-5-14(20-15)9-16-13-3-4-13/h5-6,11-13,16H,3-4,7-10H2,1-2H3. The average Bonchev–Trinajstić information content (AvgIpc) is 3.15. The van der Waals surface area contributed by atoms with Crippen LogP contribution in [0.15, 0.2) is 21.6 Å². The largest absolute Gasteiger partial charge is 0.447 e. The Morgan fingerprint density at radius 1 is 1.24 bits per heavy atom. The molecule has 1 N–H and O–H groups in total. The van der Waals surface area contributed by atoms with E-state index in [1.54, 1.807) is 16.4 Å². The molecule has 1 saturated carbocycles. The normalized spacial score (nSPS) is 27.9. The van der Waals surface area contributed by atoms with Crippen molar-refractivity contribution < 1.29 is 12.8 Å². The Morgan fingerprint density at radius 3 is 2.67 bits per heavy atom. The second kappa shape index (κ2) is 5.74. The van der Waals surface area contributed by atoms with Crippen LogP contribution in [-0.4, -0.2) is 31.9 Å². The van der Waals surface area contributed by atoms with Crippen molar-refractivity contribution in [2.24, 2.45) is 11.8 Å². The van der Waals surface area contributed by atoms with E-state index in [0.29, 0.717) is 43.3 Å². The van der Waals surface area contributed by atoms with Crippen LogP contribution in [0.25, 0.3) is 0 Å². The van der Waals surface area contributed by atoms with Crippen LogP contribution in [0.4, 0.5) is 0 Å². The number of rotatable bonds is 5. The summed E-state index contributed by atoms with van der Waals surface area (Å²) in [7, 11) is -3.48. The highest BCUT2D eigenvalue weighted by molar-refractivity contribution is 7.89. The molecule has 2 atom stereocenters. The minimum absolute atomic E-state index is 0.0804. The van der Waals surface area contributed by atoms with Crippen molar-refractivity contribution in [1.29, 1.82) is 0 Å². The fourth-order valence-corrected chi connectivity index (χ4v) is 4.18. The first-order valence-corrected chi connectivity index (χ1v) is 9.23. The molecule has 0 spiro atoms. The van der Waals surface area contributed by atoms with Crippen molar-refractivity contribution in [3.8, 4) is 0 Å². The summed E-state index contributed by atoms with van der Waals surface area (Å²) in [5.41, 5.74) is 0. The smallest absolute Gasteiger partial charge is 0.276 e. The summed E-state index contributed by atoms with van der Waals surface area (Å²) < 4.78 is 32.3. The van der Waals surface area contributed by atoms with Crippen molar-refractivity contribution in [3.63, 3.8) is 0 Å². The minimum atomic E-state index is -3.48. The van der Waals surface area contributed by atoms with Crippen LogP contribution in [0.3, 0.4) is 0 Å². The van der Waals surface area contributed by atoms with Gasteiger partial charge in [0.15, 0.2) is 0 Å². The molecule has 2 unspecified atom stereocenters. The first-order chi connectivity index (χ1) is 9.96. The number of nitrogens with one attached hydrogen (secondary N) is 1. The van der Waals surface area contributed by atoms with Crippen LogP contribution in [0.1, 0.15) is 38.9 Å². The first kappa shape index (κ1) is 15.1. The summed E-state index contributed by atoms with van der Waals surface area (Å²) in [4.78, 5) is 0. The van der Waals surface area contributed by atoms with Crippen LogP contribution in [-0.2, 0) is 16.6 Å². The lowest BCUT2D eigenvalue weighted by Crippen LogP contribution is -2.42. The van der Waals surface area contributed by atoms with Gasteiger partial charge in [0.1, 0.15) is 5.76 Å². The van der Waals surface area contributed by atoms with Gasteiger partial charge in [-0.15, -0.1) is 0 Å². The molecule has 0 radical (unpaired) electrons. The van der Waals surface area contributed by atoms with Crippen LogP contribution in [0.5, 0.6) is 0 Å². The highest BCUT2D eigenvalue weighted by atomic mass is 32.2. The maximum Gasteiger partial charge on any atom is 0.276 e. The maximum absolute atomic E-state index is 12.6. The molecule has 5 nitrogen and oxygen atoms in total. The Bertz CT molecular complexity index is 592. The van der Waals surface area contributed by atoms with Gasteiger partial charge in [-0.25, -0.2) is 8.42 Å². The van der Waals surface area contributed by atoms with Crippen LogP contribution < -0.4 is 5.32 Å². The third-order valence-corrected chi connectivity index (χ3v) is 6.41. The molecular weight excluding hydrogens is 288 g/mol. The van der Waals surface area contributed by atoms with Gasteiger partial charge >= 0.3 is 0 Å². The monoisotopic (exact) mass is 312 g/mol. The molecule has 21 heavy (non-hydrogen) atoms. The topological polar surface area (TPSA) is 62.6 Å². The van der Waals surface area contributed by atoms with E-state index in [2.05, 4.69) is 19.2 Å². The number of hydrogen-bond donors (Lipinski definition) is 1. The van der Waals surface area contributed by atoms with Gasteiger partial charge in [0.2, 0.25) is 5.09 Å². The summed E-state index contributed by atoms with van der Waals surface area (Å²) in [5, 5.41) is 3.41. The molecule has 1 aliphatic carbocycles. The predicted molar refractivity (Wildman–Crippen MR) is 80.3 cm³/mol. The Balaban J connectivity index is 1.69. The van der Waals surface area contributed by atoms with Crippen molar-refractivity contribution in [3.05, 3.63) is 17.9 Å². The van der Waals surface area contributed by atoms with E-state index in [0.717, 1.165) is 6.42 Å². The van der Waals surface area contributed by atoms with E-state index in [1.807, 2.05) is 0 Å². The highest BCUT2D eigenvalue weighted by Crippen LogP contribution is 2.28. The molecule has 3 rings (SSSR count). The van der Waals surface area contributed by atoms with Gasteiger partial charge in [0, 0.05) is 19.1 Å². The van der Waals surface area contributed by atoms with Gasteiger partial charge in [0.25, 0.3) is 10.0 Å². The molecule has 2 aliphatic rings. The third-order valence-electron chi connectivity index (χ3n) is 4.67. The van der Waals surface area contributed by atoms with Crippen molar-refractivity contribution >= 4 is 10.0 Å². The number of hydrogen-bond acceptors (Lipinski definition) is 4. The molecule has 0 amide bonds. The van der Waals surface area contributed by atoms with E-state index >= 15 is 0 Å². The van der Waals surface area contributed by atoms with Gasteiger partial charge in [-0.2, -0.15) is 4.31 Å². The number of furan rings is 1. The SMILES string of the molecule is CC1CCN(S(=O)(=O)c2ccc(CNC3CC3)o2)CC1C. The van der Waals surface area contributed by atoms with Crippen molar-refractivity contribution in [2.75, 3.05) is 13.1 Å². The molecule has 118 valence electrons. The lowest BCUT2D eigenvalue weighted by atomic mass is 9.90. The predicted octanol–water partition coefficient (Wildman–Crippen LogP) is 2.20. The Kier molecular flexibility index (Phi) is 4.12. The summed E-state index contributed by atoms with van der Waals surface area (Å²) in [6.45, 7) is 6.07. The molecule has 0 bridgehead atoms. The van der Waals surface area contributed by atoms with Gasteiger partial charge in [-0.1, -0.05) is 13.8 Å². The number of piperidine rings is 1. The zero-order valence-corrected chi connectivity index (χ0v) is 13.5. The van der Waals surface area contributed by atoms with Gasteiger partial charge in [0.05, 0.1) is 6.54 Å².